The van der Waals surface area contributed by atoms with E-state index in [2.05, 4.69) is 15.9 Å². The van der Waals surface area contributed by atoms with E-state index in [0.717, 1.165) is 15.6 Å². The molecule has 3 rings (SSSR count). The van der Waals surface area contributed by atoms with Gasteiger partial charge >= 0.3 is 5.97 Å². The van der Waals surface area contributed by atoms with Crippen molar-refractivity contribution in [3.63, 3.8) is 0 Å². The molecule has 4 heteroatoms. The van der Waals surface area contributed by atoms with E-state index in [1.54, 1.807) is 12.1 Å². The largest absolute Gasteiger partial charge is 0.481 e. The topological polar surface area (TPSA) is 37.3 Å². The van der Waals surface area contributed by atoms with Crippen LogP contribution in [0.2, 0.25) is 0 Å². The van der Waals surface area contributed by atoms with Crippen LogP contribution < -0.4 is 0 Å². The minimum atomic E-state index is -0.953. The van der Waals surface area contributed by atoms with Crippen molar-refractivity contribution in [1.82, 2.24) is 0 Å². The molecule has 0 amide bonds. The molecular formula is C17H14BrFO2. The van der Waals surface area contributed by atoms with E-state index < -0.39 is 11.4 Å². The average molecular weight is 349 g/mol. The molecule has 2 aromatic rings. The van der Waals surface area contributed by atoms with E-state index in [4.69, 9.17) is 0 Å². The van der Waals surface area contributed by atoms with Crippen LogP contribution in [0.25, 0.3) is 0 Å². The fraction of sp³-hybridized carbons (Fsp3) is 0.235. The maximum absolute atomic E-state index is 14.0. The SMILES string of the molecule is O=C(O)C1(Cc2cc(Br)ccc2F)Cc2ccccc2C1. The van der Waals surface area contributed by atoms with Crippen LogP contribution in [0.5, 0.6) is 0 Å². The number of hydrogen-bond donors (Lipinski definition) is 1. The van der Waals surface area contributed by atoms with Gasteiger partial charge in [-0.15, -0.1) is 0 Å². The summed E-state index contributed by atoms with van der Waals surface area (Å²) in [5, 5.41) is 9.72. The Labute approximate surface area is 130 Å². The van der Waals surface area contributed by atoms with Crippen LogP contribution in [0.1, 0.15) is 16.7 Å². The maximum atomic E-state index is 14.0. The Morgan fingerprint density at radius 3 is 2.38 bits per heavy atom. The van der Waals surface area contributed by atoms with Crippen LogP contribution in [0.3, 0.4) is 0 Å². The summed E-state index contributed by atoms with van der Waals surface area (Å²) in [6, 6.07) is 12.4. The van der Waals surface area contributed by atoms with Crippen molar-refractivity contribution in [3.05, 3.63) is 69.4 Å². The molecule has 0 radical (unpaired) electrons. The quantitative estimate of drug-likeness (QED) is 0.910. The standard InChI is InChI=1S/C17H14BrFO2/c18-14-5-6-15(19)13(7-14)10-17(16(20)21)8-11-3-1-2-4-12(11)9-17/h1-7H,8-10H2,(H,20,21). The van der Waals surface area contributed by atoms with E-state index >= 15 is 0 Å². The Morgan fingerprint density at radius 1 is 1.19 bits per heavy atom. The summed E-state index contributed by atoms with van der Waals surface area (Å²) >= 11 is 3.31. The van der Waals surface area contributed by atoms with Gasteiger partial charge in [0, 0.05) is 4.47 Å². The van der Waals surface area contributed by atoms with Gasteiger partial charge in [0.15, 0.2) is 0 Å². The second-order valence-corrected chi connectivity index (χ2v) is 6.54. The number of hydrogen-bond acceptors (Lipinski definition) is 1. The van der Waals surface area contributed by atoms with Gasteiger partial charge in [0.05, 0.1) is 5.41 Å². The zero-order chi connectivity index (χ0) is 15.0. The third-order valence-corrected chi connectivity index (χ3v) is 4.66. The van der Waals surface area contributed by atoms with E-state index in [-0.39, 0.29) is 12.2 Å². The lowest BCUT2D eigenvalue weighted by molar-refractivity contribution is -0.148. The van der Waals surface area contributed by atoms with Crippen molar-refractivity contribution in [2.45, 2.75) is 19.3 Å². The fourth-order valence-corrected chi connectivity index (χ4v) is 3.50. The first-order chi connectivity index (χ1) is 10.00. The Bertz CT molecular complexity index is 687. The first kappa shape index (κ1) is 14.3. The molecule has 1 N–H and O–H groups in total. The lowest BCUT2D eigenvalue weighted by Crippen LogP contribution is -2.34. The maximum Gasteiger partial charge on any atom is 0.310 e. The van der Waals surface area contributed by atoms with Crippen LogP contribution >= 0.6 is 15.9 Å². The molecule has 0 heterocycles. The van der Waals surface area contributed by atoms with Crippen LogP contribution in [-0.4, -0.2) is 11.1 Å². The highest BCUT2D eigenvalue weighted by atomic mass is 79.9. The molecule has 2 aromatic carbocycles. The van der Waals surface area contributed by atoms with E-state index in [1.807, 2.05) is 24.3 Å². The van der Waals surface area contributed by atoms with Crippen LogP contribution in [0.15, 0.2) is 46.9 Å². The lowest BCUT2D eigenvalue weighted by atomic mass is 9.79. The van der Waals surface area contributed by atoms with Gasteiger partial charge < -0.3 is 5.11 Å². The molecule has 0 saturated heterocycles. The van der Waals surface area contributed by atoms with Crippen LogP contribution in [0.4, 0.5) is 4.39 Å². The van der Waals surface area contributed by atoms with Crippen molar-refractivity contribution in [3.8, 4) is 0 Å². The van der Waals surface area contributed by atoms with Gasteiger partial charge in [0.2, 0.25) is 0 Å². The van der Waals surface area contributed by atoms with Crippen LogP contribution in [-0.2, 0) is 24.1 Å². The molecule has 108 valence electrons. The first-order valence-electron chi connectivity index (χ1n) is 6.74. The van der Waals surface area contributed by atoms with Gasteiger partial charge in [-0.25, -0.2) is 4.39 Å². The number of carboxylic acid groups (broad SMARTS) is 1. The number of carbonyl (C=O) groups is 1. The highest BCUT2D eigenvalue weighted by molar-refractivity contribution is 9.10. The zero-order valence-electron chi connectivity index (χ0n) is 11.3. The van der Waals surface area contributed by atoms with Gasteiger partial charge in [0.25, 0.3) is 0 Å². The Balaban J connectivity index is 1.98. The molecular weight excluding hydrogens is 335 g/mol. The monoisotopic (exact) mass is 348 g/mol. The number of aliphatic carboxylic acids is 1. The molecule has 1 aliphatic carbocycles. The Morgan fingerprint density at radius 2 is 1.81 bits per heavy atom. The van der Waals surface area contributed by atoms with Gasteiger partial charge in [-0.3, -0.25) is 4.79 Å². The second-order valence-electron chi connectivity index (χ2n) is 5.62. The van der Waals surface area contributed by atoms with E-state index in [0.29, 0.717) is 18.4 Å². The third kappa shape index (κ3) is 2.60. The summed E-state index contributed by atoms with van der Waals surface area (Å²) < 4.78 is 14.7. The van der Waals surface area contributed by atoms with Gasteiger partial charge in [0.1, 0.15) is 5.82 Å². The summed E-state index contributed by atoms with van der Waals surface area (Å²) in [5.74, 6) is -1.21. The van der Waals surface area contributed by atoms with Crippen molar-refractivity contribution in [2.24, 2.45) is 5.41 Å². The molecule has 0 saturated carbocycles. The number of rotatable bonds is 3. The predicted molar refractivity (Wildman–Crippen MR) is 81.7 cm³/mol. The molecule has 1 aliphatic rings. The number of carboxylic acids is 1. The van der Waals surface area contributed by atoms with Gasteiger partial charge in [-0.2, -0.15) is 0 Å². The molecule has 2 nitrogen and oxygen atoms in total. The minimum Gasteiger partial charge on any atom is -0.481 e. The van der Waals surface area contributed by atoms with Crippen molar-refractivity contribution >= 4 is 21.9 Å². The molecule has 0 bridgehead atoms. The summed E-state index contributed by atoms with van der Waals surface area (Å²) in [6.07, 6.45) is 1.09. The van der Waals surface area contributed by atoms with Crippen molar-refractivity contribution in [1.29, 1.82) is 0 Å². The molecule has 0 aliphatic heterocycles. The lowest BCUT2D eigenvalue weighted by Gasteiger charge is -2.24. The fourth-order valence-electron chi connectivity index (χ4n) is 3.09. The average Bonchev–Trinajstić information content (AvgIpc) is 2.82. The summed E-state index contributed by atoms with van der Waals surface area (Å²) in [6.45, 7) is 0. The predicted octanol–water partition coefficient (Wildman–Crippen LogP) is 4.00. The Kier molecular flexibility index (Phi) is 3.57. The van der Waals surface area contributed by atoms with Gasteiger partial charge in [-0.05, 0) is 54.2 Å². The smallest absolute Gasteiger partial charge is 0.310 e. The van der Waals surface area contributed by atoms with Crippen molar-refractivity contribution < 1.29 is 14.3 Å². The van der Waals surface area contributed by atoms with Gasteiger partial charge in [-0.1, -0.05) is 40.2 Å². The van der Waals surface area contributed by atoms with E-state index in [9.17, 15) is 14.3 Å². The molecule has 0 aromatic heterocycles. The number of fused-ring (bicyclic) bond motifs is 1. The summed E-state index contributed by atoms with van der Waals surface area (Å²) in [5.41, 5.74) is 1.59. The Hall–Kier alpha value is -1.68. The zero-order valence-corrected chi connectivity index (χ0v) is 12.9. The second kappa shape index (κ2) is 5.26. The molecule has 0 atom stereocenters. The minimum absolute atomic E-state index is 0.197. The van der Waals surface area contributed by atoms with Crippen LogP contribution in [0, 0.1) is 11.2 Å². The van der Waals surface area contributed by atoms with Crippen molar-refractivity contribution in [2.75, 3.05) is 0 Å². The molecule has 0 unspecified atom stereocenters. The number of benzene rings is 2. The highest BCUT2D eigenvalue weighted by Gasteiger charge is 2.44. The normalized spacial score (nSPS) is 15.7. The molecule has 0 fully saturated rings. The molecule has 0 spiro atoms. The highest BCUT2D eigenvalue weighted by Crippen LogP contribution is 2.40. The molecule has 21 heavy (non-hydrogen) atoms. The summed E-state index contributed by atoms with van der Waals surface area (Å²) in [7, 11) is 0. The first-order valence-corrected chi connectivity index (χ1v) is 7.54. The van der Waals surface area contributed by atoms with E-state index in [1.165, 1.54) is 6.07 Å². The number of halogens is 2. The summed E-state index contributed by atoms with van der Waals surface area (Å²) in [4.78, 5) is 11.9. The third-order valence-electron chi connectivity index (χ3n) is 4.17.